The van der Waals surface area contributed by atoms with Crippen LogP contribution in [0.4, 0.5) is 18.9 Å². The van der Waals surface area contributed by atoms with Gasteiger partial charge in [0, 0.05) is 11.3 Å². The van der Waals surface area contributed by atoms with Crippen molar-refractivity contribution in [1.29, 1.82) is 5.26 Å². The molecule has 0 unspecified atom stereocenters. The molecule has 3 aromatic carbocycles. The molecule has 0 radical (unpaired) electrons. The van der Waals surface area contributed by atoms with E-state index in [4.69, 9.17) is 15.1 Å². The average molecular weight is 517 g/mol. The highest BCUT2D eigenvalue weighted by Gasteiger charge is 2.32. The van der Waals surface area contributed by atoms with Gasteiger partial charge in [0.2, 0.25) is 10.0 Å². The first kappa shape index (κ1) is 26.4. The molecule has 0 aromatic heterocycles. The predicted molar refractivity (Wildman–Crippen MR) is 123 cm³/mol. The molecule has 0 fully saturated rings. The van der Waals surface area contributed by atoms with Crippen molar-refractivity contribution < 1.29 is 35.9 Å². The SMILES string of the molecule is Cc1cc(S(N)(=O)=O)ccc1NC(=O)COc1ccc(C(F)(F)F)cc1C(=O)c1cccc(C#N)c1. The Morgan fingerprint density at radius 1 is 1.08 bits per heavy atom. The largest absolute Gasteiger partial charge is 0.483 e. The smallest absolute Gasteiger partial charge is 0.416 e. The van der Waals surface area contributed by atoms with Crippen LogP contribution in [0, 0.1) is 18.3 Å². The van der Waals surface area contributed by atoms with Crippen LogP contribution in [-0.4, -0.2) is 26.7 Å². The zero-order chi connectivity index (χ0) is 26.7. The Balaban J connectivity index is 1.85. The summed E-state index contributed by atoms with van der Waals surface area (Å²) in [7, 11) is -3.94. The number of alkyl halides is 3. The first-order chi connectivity index (χ1) is 16.8. The third-order valence-corrected chi connectivity index (χ3v) is 5.88. The van der Waals surface area contributed by atoms with Gasteiger partial charge >= 0.3 is 6.18 Å². The van der Waals surface area contributed by atoms with Gasteiger partial charge in [0.25, 0.3) is 5.91 Å². The van der Waals surface area contributed by atoms with Crippen LogP contribution >= 0.6 is 0 Å². The average Bonchev–Trinajstić information content (AvgIpc) is 2.82. The summed E-state index contributed by atoms with van der Waals surface area (Å²) in [6.45, 7) is 0.868. The zero-order valence-electron chi connectivity index (χ0n) is 18.6. The summed E-state index contributed by atoms with van der Waals surface area (Å²) in [5.41, 5.74) is -0.788. The second-order valence-electron chi connectivity index (χ2n) is 7.59. The highest BCUT2D eigenvalue weighted by molar-refractivity contribution is 7.89. The Morgan fingerprint density at radius 3 is 2.42 bits per heavy atom. The fourth-order valence-corrected chi connectivity index (χ4v) is 3.78. The van der Waals surface area contributed by atoms with Crippen LogP contribution in [-0.2, 0) is 21.0 Å². The maximum Gasteiger partial charge on any atom is 0.416 e. The van der Waals surface area contributed by atoms with Crippen molar-refractivity contribution in [1.82, 2.24) is 0 Å². The van der Waals surface area contributed by atoms with E-state index < -0.39 is 45.6 Å². The molecule has 3 aromatic rings. The molecule has 0 atom stereocenters. The molecule has 0 aliphatic rings. The Morgan fingerprint density at radius 2 is 1.81 bits per heavy atom. The van der Waals surface area contributed by atoms with Gasteiger partial charge in [-0.3, -0.25) is 9.59 Å². The Labute approximate surface area is 204 Å². The third kappa shape index (κ3) is 6.26. The number of halogens is 3. The van der Waals surface area contributed by atoms with Gasteiger partial charge in [-0.15, -0.1) is 0 Å². The summed E-state index contributed by atoms with van der Waals surface area (Å²) < 4.78 is 68.1. The monoisotopic (exact) mass is 517 g/mol. The lowest BCUT2D eigenvalue weighted by Gasteiger charge is -2.15. The lowest BCUT2D eigenvalue weighted by Crippen LogP contribution is -2.22. The normalized spacial score (nSPS) is 11.4. The van der Waals surface area contributed by atoms with Crippen LogP contribution in [0.2, 0.25) is 0 Å². The first-order valence-electron chi connectivity index (χ1n) is 10.1. The molecule has 186 valence electrons. The van der Waals surface area contributed by atoms with E-state index in [1.807, 2.05) is 6.07 Å². The molecule has 0 heterocycles. The number of carbonyl (C=O) groups excluding carboxylic acids is 2. The zero-order valence-corrected chi connectivity index (χ0v) is 19.4. The van der Waals surface area contributed by atoms with Crippen LogP contribution in [0.5, 0.6) is 5.75 Å². The molecule has 0 bridgehead atoms. The molecule has 3 N–H and O–H groups in total. The van der Waals surface area contributed by atoms with Crippen molar-refractivity contribution >= 4 is 27.4 Å². The van der Waals surface area contributed by atoms with Gasteiger partial charge in [-0.05, 0) is 61.0 Å². The summed E-state index contributed by atoms with van der Waals surface area (Å²) in [4.78, 5) is 25.2. The van der Waals surface area contributed by atoms with Crippen molar-refractivity contribution in [3.8, 4) is 11.8 Å². The van der Waals surface area contributed by atoms with Crippen molar-refractivity contribution in [2.24, 2.45) is 5.14 Å². The quantitative estimate of drug-likeness (QED) is 0.457. The van der Waals surface area contributed by atoms with Crippen molar-refractivity contribution in [2.75, 3.05) is 11.9 Å². The minimum absolute atomic E-state index is 0.0340. The number of nitrogens with zero attached hydrogens (tertiary/aromatic N) is 1. The van der Waals surface area contributed by atoms with Gasteiger partial charge < -0.3 is 10.1 Å². The van der Waals surface area contributed by atoms with E-state index >= 15 is 0 Å². The van der Waals surface area contributed by atoms with Gasteiger partial charge in [0.05, 0.1) is 27.7 Å². The van der Waals surface area contributed by atoms with E-state index in [2.05, 4.69) is 5.32 Å². The predicted octanol–water partition coefficient (Wildman–Crippen LogP) is 3.78. The number of aryl methyl sites for hydroxylation is 1. The van der Waals surface area contributed by atoms with Crippen LogP contribution < -0.4 is 15.2 Å². The summed E-state index contributed by atoms with van der Waals surface area (Å²) in [6.07, 6.45) is -4.74. The molecule has 36 heavy (non-hydrogen) atoms. The van der Waals surface area contributed by atoms with E-state index in [1.54, 1.807) is 0 Å². The number of hydrogen-bond acceptors (Lipinski definition) is 6. The topological polar surface area (TPSA) is 139 Å². The van der Waals surface area contributed by atoms with Gasteiger partial charge in [-0.1, -0.05) is 12.1 Å². The highest BCUT2D eigenvalue weighted by atomic mass is 32.2. The molecule has 1 amide bonds. The number of ether oxygens (including phenoxy) is 1. The van der Waals surface area contributed by atoms with E-state index in [1.165, 1.54) is 49.4 Å². The summed E-state index contributed by atoms with van der Waals surface area (Å²) in [6, 6.07) is 13.3. The van der Waals surface area contributed by atoms with Crippen molar-refractivity contribution in [2.45, 2.75) is 18.0 Å². The van der Waals surface area contributed by atoms with Gasteiger partial charge in [0.15, 0.2) is 12.4 Å². The standard InChI is InChI=1S/C24H18F3N3O5S/c1-14-9-18(36(29,33)34)6-7-20(14)30-22(31)13-35-21-8-5-17(24(25,26)27)11-19(21)23(32)16-4-2-3-15(10-16)12-28/h2-11H,13H2,1H3,(H,30,31)(H2,29,33,34). The summed E-state index contributed by atoms with van der Waals surface area (Å²) in [5, 5.41) is 16.6. The van der Waals surface area contributed by atoms with E-state index in [0.29, 0.717) is 17.7 Å². The van der Waals surface area contributed by atoms with E-state index in [9.17, 15) is 31.2 Å². The minimum atomic E-state index is -4.74. The number of rotatable bonds is 7. The minimum Gasteiger partial charge on any atom is -0.483 e. The fourth-order valence-electron chi connectivity index (χ4n) is 3.18. The Hall–Kier alpha value is -4.21. The maximum atomic E-state index is 13.3. The van der Waals surface area contributed by atoms with Crippen LogP contribution in [0.1, 0.15) is 32.6 Å². The van der Waals surface area contributed by atoms with Crippen LogP contribution in [0.25, 0.3) is 0 Å². The molecule has 12 heteroatoms. The highest BCUT2D eigenvalue weighted by Crippen LogP contribution is 2.33. The lowest BCUT2D eigenvalue weighted by atomic mass is 9.99. The first-order valence-corrected chi connectivity index (χ1v) is 11.7. The number of sulfonamides is 1. The number of nitrogens with two attached hydrogens (primary N) is 1. The lowest BCUT2D eigenvalue weighted by molar-refractivity contribution is -0.137. The fraction of sp³-hybridized carbons (Fsp3) is 0.125. The van der Waals surface area contributed by atoms with Crippen LogP contribution in [0.3, 0.4) is 0 Å². The molecule has 0 saturated carbocycles. The molecule has 0 aliphatic carbocycles. The number of primary sulfonamides is 1. The number of anilines is 1. The number of amides is 1. The van der Waals surface area contributed by atoms with Crippen molar-refractivity contribution in [3.05, 3.63) is 88.5 Å². The molecule has 0 aliphatic heterocycles. The molecule has 8 nitrogen and oxygen atoms in total. The second-order valence-corrected chi connectivity index (χ2v) is 9.15. The second kappa shape index (κ2) is 10.2. The van der Waals surface area contributed by atoms with Crippen molar-refractivity contribution in [3.63, 3.8) is 0 Å². The van der Waals surface area contributed by atoms with Gasteiger partial charge in [0.1, 0.15) is 5.75 Å². The van der Waals surface area contributed by atoms with Gasteiger partial charge in [-0.2, -0.15) is 18.4 Å². The molecule has 0 spiro atoms. The molecule has 3 rings (SSSR count). The number of nitriles is 1. The van der Waals surface area contributed by atoms with E-state index in [0.717, 1.165) is 6.07 Å². The third-order valence-electron chi connectivity index (χ3n) is 4.96. The number of ketones is 1. The Bertz CT molecular complexity index is 1500. The molecule has 0 saturated heterocycles. The number of hydrogen-bond donors (Lipinski definition) is 2. The maximum absolute atomic E-state index is 13.3. The summed E-state index contributed by atoms with van der Waals surface area (Å²) in [5.74, 6) is -1.82. The Kier molecular flexibility index (Phi) is 7.47. The van der Waals surface area contributed by atoms with E-state index in [-0.39, 0.29) is 27.5 Å². The number of nitrogens with one attached hydrogen (secondary N) is 1. The van der Waals surface area contributed by atoms with Gasteiger partial charge in [-0.25, -0.2) is 13.6 Å². The molecular formula is C24H18F3N3O5S. The molecular weight excluding hydrogens is 499 g/mol. The number of benzene rings is 3. The number of carbonyl (C=O) groups is 2. The van der Waals surface area contributed by atoms with Crippen LogP contribution in [0.15, 0.2) is 65.6 Å². The summed E-state index contributed by atoms with van der Waals surface area (Å²) >= 11 is 0.